The van der Waals surface area contributed by atoms with Crippen LogP contribution in [-0.2, 0) is 0 Å². The van der Waals surface area contributed by atoms with Crippen LogP contribution in [0.25, 0.3) is 0 Å². The molecular weight excluding hydrogens is 351 g/mol. The summed E-state index contributed by atoms with van der Waals surface area (Å²) in [5.41, 5.74) is 1.31. The molecule has 2 rings (SSSR count). The van der Waals surface area contributed by atoms with Gasteiger partial charge in [-0.15, -0.1) is 13.2 Å². The molecule has 0 saturated heterocycles. The summed E-state index contributed by atoms with van der Waals surface area (Å²) in [4.78, 5) is 3.88. The molecule has 1 N–H and O–H groups in total. The molecule has 1 heterocycles. The Labute approximate surface area is 126 Å². The second-order valence-corrected chi connectivity index (χ2v) is 4.71. The number of hydrogen-bond donors (Lipinski definition) is 1. The quantitative estimate of drug-likeness (QED) is 0.886. The predicted molar refractivity (Wildman–Crippen MR) is 73.1 cm³/mol. The summed E-state index contributed by atoms with van der Waals surface area (Å²) in [6, 6.07) is 7.50. The van der Waals surface area contributed by atoms with Crippen molar-refractivity contribution in [3.8, 4) is 11.8 Å². The standard InChI is InChI=1S/C13H7BrF3N3O/c14-10-5-9(1-2-12(10)21-13(15,16)17)20-11-7-19-4-3-8(11)6-18/h1-5,7,20H. The van der Waals surface area contributed by atoms with Crippen LogP contribution in [0.4, 0.5) is 24.5 Å². The number of aromatic nitrogens is 1. The molecule has 0 aliphatic heterocycles. The number of benzene rings is 1. The molecule has 0 amide bonds. The Bertz CT molecular complexity index is 698. The lowest BCUT2D eigenvalue weighted by molar-refractivity contribution is -0.274. The normalized spacial score (nSPS) is 10.8. The van der Waals surface area contributed by atoms with Gasteiger partial charge in [0.1, 0.15) is 11.8 Å². The first-order valence-electron chi connectivity index (χ1n) is 5.55. The van der Waals surface area contributed by atoms with Crippen LogP contribution in [0.5, 0.6) is 5.75 Å². The second-order valence-electron chi connectivity index (χ2n) is 3.85. The van der Waals surface area contributed by atoms with Gasteiger partial charge in [-0.1, -0.05) is 0 Å². The minimum atomic E-state index is -4.76. The van der Waals surface area contributed by atoms with Crippen LogP contribution in [0.1, 0.15) is 5.56 Å². The number of nitrogens with one attached hydrogen (secondary N) is 1. The number of nitrogens with zero attached hydrogens (tertiary/aromatic N) is 2. The number of hydrogen-bond acceptors (Lipinski definition) is 4. The van der Waals surface area contributed by atoms with Crippen LogP contribution >= 0.6 is 15.9 Å². The minimum absolute atomic E-state index is 0.132. The van der Waals surface area contributed by atoms with Gasteiger partial charge in [-0.05, 0) is 40.2 Å². The summed E-state index contributed by atoms with van der Waals surface area (Å²) in [6.07, 6.45) is -1.83. The lowest BCUT2D eigenvalue weighted by Crippen LogP contribution is -2.17. The Kier molecular flexibility index (Phi) is 4.33. The Hall–Kier alpha value is -2.27. The molecule has 0 aliphatic carbocycles. The average molecular weight is 358 g/mol. The van der Waals surface area contributed by atoms with E-state index in [0.717, 1.165) is 0 Å². The summed E-state index contributed by atoms with van der Waals surface area (Å²) in [7, 11) is 0. The maximum absolute atomic E-state index is 12.2. The molecule has 1 aromatic carbocycles. The van der Waals surface area contributed by atoms with Crippen LogP contribution in [0.2, 0.25) is 0 Å². The fraction of sp³-hybridized carbons (Fsp3) is 0.0769. The molecular formula is C13H7BrF3N3O. The average Bonchev–Trinajstić information content (AvgIpc) is 2.41. The van der Waals surface area contributed by atoms with Gasteiger partial charge < -0.3 is 10.1 Å². The molecule has 0 unspecified atom stereocenters. The van der Waals surface area contributed by atoms with Crippen molar-refractivity contribution >= 4 is 27.3 Å². The predicted octanol–water partition coefficient (Wildman–Crippen LogP) is 4.36. The molecule has 0 aliphatic rings. The molecule has 2 aromatic rings. The Morgan fingerprint density at radius 1 is 1.29 bits per heavy atom. The number of alkyl halides is 3. The highest BCUT2D eigenvalue weighted by Crippen LogP contribution is 2.33. The van der Waals surface area contributed by atoms with E-state index in [4.69, 9.17) is 5.26 Å². The van der Waals surface area contributed by atoms with E-state index in [1.807, 2.05) is 6.07 Å². The summed E-state index contributed by atoms with van der Waals surface area (Å²) >= 11 is 3.00. The van der Waals surface area contributed by atoms with E-state index >= 15 is 0 Å². The third kappa shape index (κ3) is 4.10. The third-order valence-corrected chi connectivity index (χ3v) is 3.00. The highest BCUT2D eigenvalue weighted by molar-refractivity contribution is 9.10. The van der Waals surface area contributed by atoms with Gasteiger partial charge in [-0.25, -0.2) is 0 Å². The SMILES string of the molecule is N#Cc1ccncc1Nc1ccc(OC(F)(F)F)c(Br)c1. The van der Waals surface area contributed by atoms with Crippen molar-refractivity contribution < 1.29 is 17.9 Å². The largest absolute Gasteiger partial charge is 0.573 e. The van der Waals surface area contributed by atoms with Crippen molar-refractivity contribution in [1.82, 2.24) is 4.98 Å². The Morgan fingerprint density at radius 3 is 2.67 bits per heavy atom. The van der Waals surface area contributed by atoms with E-state index in [2.05, 4.69) is 31.0 Å². The maximum Gasteiger partial charge on any atom is 0.573 e. The molecule has 21 heavy (non-hydrogen) atoms. The summed E-state index contributed by atoms with van der Waals surface area (Å²) in [5.74, 6) is -0.347. The van der Waals surface area contributed by atoms with Gasteiger partial charge in [-0.2, -0.15) is 5.26 Å². The Morgan fingerprint density at radius 2 is 2.05 bits per heavy atom. The fourth-order valence-corrected chi connectivity index (χ4v) is 1.99. The first-order chi connectivity index (χ1) is 9.89. The summed E-state index contributed by atoms with van der Waals surface area (Å²) in [5, 5.41) is 11.9. The van der Waals surface area contributed by atoms with Crippen molar-refractivity contribution in [2.75, 3.05) is 5.32 Å². The number of halogens is 4. The van der Waals surface area contributed by atoms with Crippen molar-refractivity contribution in [3.63, 3.8) is 0 Å². The van der Waals surface area contributed by atoms with Gasteiger partial charge in [0.2, 0.25) is 0 Å². The van der Waals surface area contributed by atoms with E-state index in [1.54, 1.807) is 0 Å². The van der Waals surface area contributed by atoms with Gasteiger partial charge in [0.15, 0.2) is 0 Å². The zero-order valence-electron chi connectivity index (χ0n) is 10.3. The third-order valence-electron chi connectivity index (χ3n) is 2.38. The monoisotopic (exact) mass is 357 g/mol. The topological polar surface area (TPSA) is 57.9 Å². The van der Waals surface area contributed by atoms with E-state index in [-0.39, 0.29) is 10.2 Å². The van der Waals surface area contributed by atoms with E-state index in [0.29, 0.717) is 16.9 Å². The van der Waals surface area contributed by atoms with E-state index in [1.165, 1.54) is 36.7 Å². The molecule has 0 atom stereocenters. The lowest BCUT2D eigenvalue weighted by atomic mass is 10.2. The molecule has 0 bridgehead atoms. The maximum atomic E-state index is 12.2. The van der Waals surface area contributed by atoms with Crippen LogP contribution in [0.15, 0.2) is 41.1 Å². The van der Waals surface area contributed by atoms with Crippen LogP contribution in [-0.4, -0.2) is 11.3 Å². The fourth-order valence-electron chi connectivity index (χ4n) is 1.53. The number of nitriles is 1. The molecule has 1 aromatic heterocycles. The second kappa shape index (κ2) is 6.01. The smallest absolute Gasteiger partial charge is 0.405 e. The molecule has 0 saturated carbocycles. The van der Waals surface area contributed by atoms with Crippen LogP contribution < -0.4 is 10.1 Å². The van der Waals surface area contributed by atoms with E-state index in [9.17, 15) is 13.2 Å². The number of rotatable bonds is 3. The molecule has 108 valence electrons. The summed E-state index contributed by atoms with van der Waals surface area (Å²) < 4.78 is 40.5. The van der Waals surface area contributed by atoms with Crippen molar-refractivity contribution in [3.05, 3.63) is 46.7 Å². The number of pyridine rings is 1. The zero-order chi connectivity index (χ0) is 15.5. The van der Waals surface area contributed by atoms with Gasteiger partial charge in [0.25, 0.3) is 0 Å². The van der Waals surface area contributed by atoms with Gasteiger partial charge in [-0.3, -0.25) is 4.98 Å². The first kappa shape index (κ1) is 15.1. The summed E-state index contributed by atoms with van der Waals surface area (Å²) in [6.45, 7) is 0. The Balaban J connectivity index is 2.23. The molecule has 0 radical (unpaired) electrons. The molecule has 0 fully saturated rings. The number of ether oxygens (including phenoxy) is 1. The zero-order valence-corrected chi connectivity index (χ0v) is 11.9. The highest BCUT2D eigenvalue weighted by atomic mass is 79.9. The van der Waals surface area contributed by atoms with Crippen molar-refractivity contribution in [1.29, 1.82) is 5.26 Å². The van der Waals surface area contributed by atoms with E-state index < -0.39 is 6.36 Å². The highest BCUT2D eigenvalue weighted by Gasteiger charge is 2.31. The van der Waals surface area contributed by atoms with Crippen LogP contribution in [0.3, 0.4) is 0 Å². The van der Waals surface area contributed by atoms with Crippen molar-refractivity contribution in [2.45, 2.75) is 6.36 Å². The van der Waals surface area contributed by atoms with Gasteiger partial charge >= 0.3 is 6.36 Å². The minimum Gasteiger partial charge on any atom is -0.405 e. The molecule has 8 heteroatoms. The molecule has 0 spiro atoms. The number of anilines is 2. The first-order valence-corrected chi connectivity index (χ1v) is 6.35. The van der Waals surface area contributed by atoms with Crippen LogP contribution in [0, 0.1) is 11.3 Å². The van der Waals surface area contributed by atoms with Crippen molar-refractivity contribution in [2.24, 2.45) is 0 Å². The van der Waals surface area contributed by atoms with Gasteiger partial charge in [0.05, 0.1) is 21.9 Å². The van der Waals surface area contributed by atoms with Gasteiger partial charge in [0, 0.05) is 11.9 Å². The molecule has 4 nitrogen and oxygen atoms in total. The lowest BCUT2D eigenvalue weighted by Gasteiger charge is -2.12.